The van der Waals surface area contributed by atoms with Crippen molar-refractivity contribution in [2.75, 3.05) is 6.54 Å². The normalized spacial score (nSPS) is 32.6. The summed E-state index contributed by atoms with van der Waals surface area (Å²) < 4.78 is 0. The number of hydrogen-bond donors (Lipinski definition) is 0. The van der Waals surface area contributed by atoms with E-state index in [1.165, 1.54) is 89.0 Å². The third kappa shape index (κ3) is 8.81. The Balaban J connectivity index is 0.000000967. The first-order valence-electron chi connectivity index (χ1n) is 14.2. The Bertz CT molecular complexity index is 778. The molecule has 0 radical (unpaired) electrons. The molecule has 5 rings (SSSR count). The Morgan fingerprint density at radius 3 is 1.75 bits per heavy atom. The Morgan fingerprint density at radius 2 is 1.17 bits per heavy atom. The monoisotopic (exact) mass is 574 g/mol. The van der Waals surface area contributed by atoms with Crippen molar-refractivity contribution >= 4 is 20.2 Å². The van der Waals surface area contributed by atoms with E-state index in [-0.39, 0.29) is 19.2 Å². The van der Waals surface area contributed by atoms with Crippen molar-refractivity contribution in [2.24, 2.45) is 0 Å². The fraction of sp³-hybridized carbons (Fsp3) is 0.821. The molecule has 3 fully saturated rings. The quantitative estimate of drug-likeness (QED) is 0.308. The number of rotatable bonds is 1. The van der Waals surface area contributed by atoms with Crippen LogP contribution in [-0.2, 0) is 26.2 Å². The molecule has 0 spiro atoms. The Morgan fingerprint density at radius 1 is 0.694 bits per heavy atom. The number of nitrogens with zero attached hydrogens (tertiary/aromatic N) is 5. The molecule has 1 aliphatic heterocycles. The van der Waals surface area contributed by atoms with E-state index in [9.17, 15) is 0 Å². The number of pyridine rings is 1. The zero-order chi connectivity index (χ0) is 25.2. The molecule has 2 unspecified atom stereocenters. The van der Waals surface area contributed by atoms with Crippen molar-refractivity contribution < 1.29 is 13.1 Å². The molecule has 3 aliphatic carbocycles. The van der Waals surface area contributed by atoms with Crippen LogP contribution in [-0.4, -0.2) is 41.7 Å². The number of hydrogen-bond acceptors (Lipinski definition) is 1. The standard InChI is InChI=1S/C28H43N5.2ClH.Mn/c1-20-17-29-25-11-5-6-12-26(25)30-18-23-15-22(21-9-3-2-4-10-21)16-24(33-23)19-31-27-13-7-8-14-28(27)32-20;;;/h15-16,20-21,25-28H,2-14,17-19H2,1H3;2*1H;/q-4;;;+2/p-2/t20-,25-,26-,27?,28?;;;/m1.../s1. The van der Waals surface area contributed by atoms with Crippen LogP contribution in [0.1, 0.15) is 113 Å². The van der Waals surface area contributed by atoms with Crippen LogP contribution in [0, 0.1) is 0 Å². The summed E-state index contributed by atoms with van der Waals surface area (Å²) in [4.78, 5) is 5.08. The van der Waals surface area contributed by atoms with Gasteiger partial charge in [0.05, 0.1) is 0 Å². The summed E-state index contributed by atoms with van der Waals surface area (Å²) in [6.07, 6.45) is 16.6. The molecule has 8 heteroatoms. The van der Waals surface area contributed by atoms with Crippen molar-refractivity contribution in [3.05, 3.63) is 50.4 Å². The van der Waals surface area contributed by atoms with Crippen LogP contribution in [0.15, 0.2) is 12.1 Å². The van der Waals surface area contributed by atoms with E-state index >= 15 is 0 Å². The fourth-order valence-corrected chi connectivity index (χ4v) is 6.59. The summed E-state index contributed by atoms with van der Waals surface area (Å²) in [5.41, 5.74) is 3.80. The van der Waals surface area contributed by atoms with E-state index in [0.29, 0.717) is 30.1 Å². The molecule has 2 heterocycles. The van der Waals surface area contributed by atoms with Crippen LogP contribution in [0.2, 0.25) is 0 Å². The van der Waals surface area contributed by atoms with E-state index < -0.39 is 0 Å². The SMILES string of the molecule is C[C@@H]1C[N-][C@@H]2CCCC[C@H]2[N-]Cc2cc(C3CCCCC3)cc(n2)C[N-]C2CCCCC2[N-]1.[Cl][Mn][Cl]. The minimum atomic E-state index is 0.00694. The fourth-order valence-electron chi connectivity index (χ4n) is 6.59. The molecule has 2 bridgehead atoms. The summed E-state index contributed by atoms with van der Waals surface area (Å²) in [5.74, 6) is 0.692. The van der Waals surface area contributed by atoms with Crippen molar-refractivity contribution in [1.29, 1.82) is 0 Å². The predicted molar refractivity (Wildman–Crippen MR) is 149 cm³/mol. The van der Waals surface area contributed by atoms with E-state index in [0.717, 1.165) is 31.0 Å². The molecule has 3 saturated carbocycles. The Kier molecular flexibility index (Phi) is 12.6. The molecule has 4 aliphatic rings. The first-order valence-corrected chi connectivity index (χ1v) is 17.5. The maximum absolute atomic E-state index is 5.23. The van der Waals surface area contributed by atoms with Crippen LogP contribution in [0.25, 0.3) is 21.3 Å². The van der Waals surface area contributed by atoms with Gasteiger partial charge in [0.15, 0.2) is 0 Å². The average molecular weight is 576 g/mol. The average Bonchev–Trinajstić information content (AvgIpc) is 2.91. The summed E-state index contributed by atoms with van der Waals surface area (Å²) >= 11 is 0.00694. The Labute approximate surface area is 234 Å². The van der Waals surface area contributed by atoms with E-state index in [1.54, 1.807) is 0 Å². The molecule has 5 nitrogen and oxygen atoms in total. The molecule has 0 saturated heterocycles. The zero-order valence-electron chi connectivity index (χ0n) is 21.8. The van der Waals surface area contributed by atoms with Crippen molar-refractivity contribution in [3.8, 4) is 0 Å². The van der Waals surface area contributed by atoms with Crippen LogP contribution in [0.5, 0.6) is 0 Å². The molecule has 0 N–H and O–H groups in total. The van der Waals surface area contributed by atoms with E-state index in [1.807, 2.05) is 0 Å². The molecule has 0 amide bonds. The van der Waals surface area contributed by atoms with Crippen molar-refractivity contribution in [1.82, 2.24) is 4.98 Å². The van der Waals surface area contributed by atoms with Crippen LogP contribution in [0.4, 0.5) is 0 Å². The summed E-state index contributed by atoms with van der Waals surface area (Å²) in [6, 6.07) is 6.47. The van der Waals surface area contributed by atoms with Gasteiger partial charge in [0.1, 0.15) is 0 Å². The second kappa shape index (κ2) is 15.6. The summed E-state index contributed by atoms with van der Waals surface area (Å²) in [6.45, 7) is 4.56. The predicted octanol–water partition coefficient (Wildman–Crippen LogP) is 9.03. The molecular formula is C28H43Cl2MnN5-4. The van der Waals surface area contributed by atoms with Crippen molar-refractivity contribution in [3.63, 3.8) is 0 Å². The molecule has 36 heavy (non-hydrogen) atoms. The van der Waals surface area contributed by atoms with Gasteiger partial charge in [0.2, 0.25) is 0 Å². The van der Waals surface area contributed by atoms with Gasteiger partial charge in [-0.2, -0.15) is 36.8 Å². The van der Waals surface area contributed by atoms with Crippen LogP contribution < -0.4 is 0 Å². The summed E-state index contributed by atoms with van der Waals surface area (Å²) in [7, 11) is 9.59. The van der Waals surface area contributed by atoms with Gasteiger partial charge in [-0.25, -0.2) is 0 Å². The number of halogens is 2. The molecule has 0 aromatic carbocycles. The summed E-state index contributed by atoms with van der Waals surface area (Å²) in [5, 5.41) is 20.8. The number of fused-ring (bicyclic) bond motifs is 4. The Hall–Kier alpha value is 0.0895. The van der Waals surface area contributed by atoms with E-state index in [2.05, 4.69) is 19.1 Å². The van der Waals surface area contributed by atoms with Gasteiger partial charge in [-0.3, -0.25) is 4.98 Å². The minimum absolute atomic E-state index is 0.00694. The first-order chi connectivity index (χ1) is 17.7. The van der Waals surface area contributed by atoms with Crippen molar-refractivity contribution in [2.45, 2.75) is 140 Å². The molecule has 5 atom stereocenters. The third-order valence-electron chi connectivity index (χ3n) is 8.44. The molecule has 205 valence electrons. The van der Waals surface area contributed by atoms with Gasteiger partial charge in [0, 0.05) is 11.4 Å². The van der Waals surface area contributed by atoms with Gasteiger partial charge in [0.25, 0.3) is 0 Å². The molecular weight excluding hydrogens is 532 g/mol. The second-order valence-corrected chi connectivity index (χ2v) is 13.1. The molecule has 1 aromatic heterocycles. The molecule has 1 aromatic rings. The van der Waals surface area contributed by atoms with E-state index in [4.69, 9.17) is 46.4 Å². The third-order valence-corrected chi connectivity index (χ3v) is 8.44. The second-order valence-electron chi connectivity index (χ2n) is 11.2. The first kappa shape index (κ1) is 29.1. The number of aromatic nitrogens is 1. The van der Waals surface area contributed by atoms with Gasteiger partial charge < -0.3 is 21.3 Å². The van der Waals surface area contributed by atoms with Gasteiger partial charge >= 0.3 is 33.3 Å². The van der Waals surface area contributed by atoms with Gasteiger partial charge in [-0.05, 0) is 36.5 Å². The maximum atomic E-state index is 5.23. The van der Waals surface area contributed by atoms with Crippen LogP contribution in [0.3, 0.4) is 0 Å². The van der Waals surface area contributed by atoms with Gasteiger partial charge in [-0.15, -0.1) is 13.1 Å². The van der Waals surface area contributed by atoms with Gasteiger partial charge in [-0.1, -0.05) is 77.6 Å². The zero-order valence-corrected chi connectivity index (χ0v) is 24.5. The van der Waals surface area contributed by atoms with Crippen LogP contribution >= 0.6 is 20.2 Å². The topological polar surface area (TPSA) is 69.3 Å².